The van der Waals surface area contributed by atoms with E-state index in [-0.39, 0.29) is 16.8 Å². The van der Waals surface area contributed by atoms with Crippen LogP contribution in [-0.4, -0.2) is 40.3 Å². The fourth-order valence-corrected chi connectivity index (χ4v) is 6.56. The van der Waals surface area contributed by atoms with Crippen LogP contribution in [0.2, 0.25) is 0 Å². The lowest BCUT2D eigenvalue weighted by molar-refractivity contribution is -0.126. The van der Waals surface area contributed by atoms with Crippen LogP contribution in [0.25, 0.3) is 21.1 Å². The van der Waals surface area contributed by atoms with E-state index in [1.165, 1.54) is 11.9 Å². The van der Waals surface area contributed by atoms with Gasteiger partial charge in [-0.1, -0.05) is 36.4 Å². The van der Waals surface area contributed by atoms with Gasteiger partial charge in [0.15, 0.2) is 0 Å². The highest BCUT2D eigenvalue weighted by molar-refractivity contribution is 7.18. The van der Waals surface area contributed by atoms with Gasteiger partial charge in [-0.2, -0.15) is 18.4 Å². The van der Waals surface area contributed by atoms with Crippen LogP contribution in [0.4, 0.5) is 19.0 Å². The van der Waals surface area contributed by atoms with Crippen molar-refractivity contribution in [3.8, 4) is 6.07 Å². The summed E-state index contributed by atoms with van der Waals surface area (Å²) in [5.41, 5.74) is 4.95. The van der Waals surface area contributed by atoms with Crippen LogP contribution in [0.15, 0.2) is 60.9 Å². The van der Waals surface area contributed by atoms with Crippen LogP contribution in [0, 0.1) is 18.3 Å². The van der Waals surface area contributed by atoms with Gasteiger partial charge in [-0.3, -0.25) is 0 Å². The smallest absolute Gasteiger partial charge is 0.354 e. The highest BCUT2D eigenvalue weighted by Gasteiger charge is 2.36. The van der Waals surface area contributed by atoms with Crippen molar-refractivity contribution in [1.29, 1.82) is 5.26 Å². The molecule has 1 fully saturated rings. The number of aryl methyl sites for hydroxylation is 1. The maximum Gasteiger partial charge on any atom is 0.393 e. The van der Waals surface area contributed by atoms with Crippen LogP contribution < -0.4 is 10.2 Å². The van der Waals surface area contributed by atoms with Gasteiger partial charge in [0, 0.05) is 47.4 Å². The van der Waals surface area contributed by atoms with Gasteiger partial charge in [0.05, 0.1) is 11.8 Å². The number of fused-ring (bicyclic) bond motifs is 2. The van der Waals surface area contributed by atoms with Gasteiger partial charge in [0.25, 0.3) is 0 Å². The summed E-state index contributed by atoms with van der Waals surface area (Å²) < 4.78 is 39.2. The molecule has 0 radical (unpaired) electrons. The predicted octanol–water partition coefficient (Wildman–Crippen LogP) is 6.22. The molecular formula is C29H25F3N6S. The van der Waals surface area contributed by atoms with Gasteiger partial charge in [-0.05, 0) is 41.8 Å². The van der Waals surface area contributed by atoms with E-state index in [1.54, 1.807) is 6.07 Å². The number of nitrogens with one attached hydrogen (secondary N) is 2. The van der Waals surface area contributed by atoms with E-state index in [0.717, 1.165) is 33.4 Å². The number of rotatable bonds is 6. The normalized spacial score (nSPS) is 17.8. The van der Waals surface area contributed by atoms with E-state index in [0.29, 0.717) is 41.4 Å². The molecule has 0 saturated carbocycles. The van der Waals surface area contributed by atoms with Gasteiger partial charge >= 0.3 is 6.18 Å². The number of hydrogen-bond acceptors (Lipinski definition) is 6. The Morgan fingerprint density at radius 1 is 1.10 bits per heavy atom. The lowest BCUT2D eigenvalue weighted by atomic mass is 9.94. The Hall–Kier alpha value is -3.94. The number of halogens is 3. The highest BCUT2D eigenvalue weighted by atomic mass is 32.1. The number of aromatic nitrogens is 3. The minimum Gasteiger partial charge on any atom is -0.354 e. The average Bonchev–Trinajstić information content (AvgIpc) is 3.64. The molecule has 2 atom stereocenters. The number of nitrogens with zero attached hydrogens (tertiary/aromatic N) is 4. The zero-order valence-electron chi connectivity index (χ0n) is 21.1. The van der Waals surface area contributed by atoms with Gasteiger partial charge in [-0.25, -0.2) is 9.97 Å². The second-order valence-corrected chi connectivity index (χ2v) is 11.1. The second-order valence-electron chi connectivity index (χ2n) is 9.94. The van der Waals surface area contributed by atoms with Crippen molar-refractivity contribution in [2.45, 2.75) is 38.0 Å². The molecule has 2 N–H and O–H groups in total. The van der Waals surface area contributed by atoms with Crippen molar-refractivity contribution in [2.75, 3.05) is 18.0 Å². The molecule has 2 unspecified atom stereocenters. The number of thiophene rings is 1. The third-order valence-electron chi connectivity index (χ3n) is 7.44. The molecule has 5 aromatic rings. The van der Waals surface area contributed by atoms with Crippen LogP contribution >= 0.6 is 11.3 Å². The Balaban J connectivity index is 1.29. The van der Waals surface area contributed by atoms with Crippen LogP contribution in [0.3, 0.4) is 0 Å². The molecule has 0 aliphatic carbocycles. The Morgan fingerprint density at radius 3 is 2.69 bits per heavy atom. The Kier molecular flexibility index (Phi) is 6.49. The molecule has 1 saturated heterocycles. The lowest BCUT2D eigenvalue weighted by Gasteiger charge is -2.21. The molecular weight excluding hydrogens is 521 g/mol. The summed E-state index contributed by atoms with van der Waals surface area (Å²) >= 11 is 1.07. The number of nitriles is 1. The minimum absolute atomic E-state index is 0.0849. The second kappa shape index (κ2) is 9.98. The number of benzene rings is 2. The van der Waals surface area contributed by atoms with Gasteiger partial charge in [-0.15, -0.1) is 11.3 Å². The fourth-order valence-electron chi connectivity index (χ4n) is 5.54. The monoisotopic (exact) mass is 546 g/mol. The van der Waals surface area contributed by atoms with E-state index in [1.807, 2.05) is 30.3 Å². The number of hydrogen-bond donors (Lipinski definition) is 2. The lowest BCUT2D eigenvalue weighted by Crippen LogP contribution is -2.35. The van der Waals surface area contributed by atoms with E-state index in [4.69, 9.17) is 0 Å². The number of anilines is 1. The van der Waals surface area contributed by atoms with Crippen molar-refractivity contribution in [2.24, 2.45) is 0 Å². The number of aromatic amines is 1. The molecule has 6 nitrogen and oxygen atoms in total. The standard InChI is InChI=1S/C29H25F3N6S/c1-17-19(7-8-25-22(17)9-20(12-33)37-25)13-34-26-15-38(14-24(26)18-5-3-2-4-6-18)27-23-10-21(11-29(30,31)32)39-28(23)36-16-35-27/h2-10,16,24,26,34,37H,11,13-15H2,1H3. The molecule has 0 spiro atoms. The molecule has 3 aromatic heterocycles. The van der Waals surface area contributed by atoms with Crippen molar-refractivity contribution >= 4 is 38.3 Å². The first kappa shape index (κ1) is 25.3. The molecule has 1 aliphatic heterocycles. The average molecular weight is 547 g/mol. The van der Waals surface area contributed by atoms with E-state index in [9.17, 15) is 18.4 Å². The molecule has 2 aromatic carbocycles. The third kappa shape index (κ3) is 5.07. The minimum atomic E-state index is -4.27. The first-order valence-corrected chi connectivity index (χ1v) is 13.5. The molecule has 39 heavy (non-hydrogen) atoms. The van der Waals surface area contributed by atoms with Crippen molar-refractivity contribution in [1.82, 2.24) is 20.3 Å². The summed E-state index contributed by atoms with van der Waals surface area (Å²) in [4.78, 5) is 14.9. The molecule has 0 bridgehead atoms. The Labute approximate surface area is 227 Å². The van der Waals surface area contributed by atoms with E-state index in [2.05, 4.69) is 56.4 Å². The Morgan fingerprint density at radius 2 is 1.92 bits per heavy atom. The topological polar surface area (TPSA) is 80.6 Å². The SMILES string of the molecule is Cc1c(CNC2CN(c3ncnc4sc(CC(F)(F)F)cc34)CC2c2ccccc2)ccc2[nH]c(C#N)cc12. The Bertz CT molecular complexity index is 1680. The summed E-state index contributed by atoms with van der Waals surface area (Å²) in [6.07, 6.45) is -3.80. The van der Waals surface area contributed by atoms with Gasteiger partial charge in [0.2, 0.25) is 0 Å². The first-order chi connectivity index (χ1) is 18.8. The zero-order valence-corrected chi connectivity index (χ0v) is 21.9. The van der Waals surface area contributed by atoms with Crippen molar-refractivity contribution < 1.29 is 13.2 Å². The summed E-state index contributed by atoms with van der Waals surface area (Å²) in [5.74, 6) is 0.829. The third-order valence-corrected chi connectivity index (χ3v) is 8.48. The number of H-pyrrole nitrogens is 1. The van der Waals surface area contributed by atoms with E-state index < -0.39 is 12.6 Å². The quantitative estimate of drug-likeness (QED) is 0.264. The van der Waals surface area contributed by atoms with Gasteiger partial charge < -0.3 is 15.2 Å². The predicted molar refractivity (Wildman–Crippen MR) is 147 cm³/mol. The van der Waals surface area contributed by atoms with Crippen molar-refractivity contribution in [3.05, 3.63) is 88.2 Å². The molecule has 1 aliphatic rings. The molecule has 6 rings (SSSR count). The van der Waals surface area contributed by atoms with Crippen molar-refractivity contribution in [3.63, 3.8) is 0 Å². The fraction of sp³-hybridized carbons (Fsp3) is 0.276. The molecule has 10 heteroatoms. The molecule has 198 valence electrons. The van der Waals surface area contributed by atoms with E-state index >= 15 is 0 Å². The summed E-state index contributed by atoms with van der Waals surface area (Å²) in [7, 11) is 0. The zero-order chi connectivity index (χ0) is 27.1. The van der Waals surface area contributed by atoms with Crippen LogP contribution in [0.1, 0.15) is 33.2 Å². The number of alkyl halides is 3. The molecule has 4 heterocycles. The summed E-state index contributed by atoms with van der Waals surface area (Å²) in [5, 5.41) is 14.7. The first-order valence-electron chi connectivity index (χ1n) is 12.6. The maximum atomic E-state index is 13.1. The highest BCUT2D eigenvalue weighted by Crippen LogP contribution is 2.37. The summed E-state index contributed by atoms with van der Waals surface area (Å²) in [6.45, 7) is 4.04. The van der Waals surface area contributed by atoms with Crippen LogP contribution in [0.5, 0.6) is 0 Å². The largest absolute Gasteiger partial charge is 0.393 e. The van der Waals surface area contributed by atoms with Crippen LogP contribution in [-0.2, 0) is 13.0 Å². The molecule has 0 amide bonds. The maximum absolute atomic E-state index is 13.1. The summed E-state index contributed by atoms with van der Waals surface area (Å²) in [6, 6.07) is 20.1. The van der Waals surface area contributed by atoms with Gasteiger partial charge in [0.1, 0.15) is 28.7 Å².